The van der Waals surface area contributed by atoms with Gasteiger partial charge in [0.15, 0.2) is 0 Å². The zero-order valence-electron chi connectivity index (χ0n) is 11.4. The predicted molar refractivity (Wildman–Crippen MR) is 80.6 cm³/mol. The summed E-state index contributed by atoms with van der Waals surface area (Å²) in [4.78, 5) is 0. The lowest BCUT2D eigenvalue weighted by Gasteiger charge is -2.21. The number of quaternary nitrogens is 2. The van der Waals surface area contributed by atoms with Gasteiger partial charge in [0, 0.05) is 0 Å². The third kappa shape index (κ3) is 36.4. The second-order valence-corrected chi connectivity index (χ2v) is 5.48. The van der Waals surface area contributed by atoms with E-state index in [9.17, 15) is 0 Å². The van der Waals surface area contributed by atoms with Gasteiger partial charge in [-0.15, -0.1) is 34.0 Å². The van der Waals surface area contributed by atoms with Gasteiger partial charge in [-0.1, -0.05) is 0 Å². The Labute approximate surface area is 122 Å². The average molecular weight is 370 g/mol. The Morgan fingerprint density at radius 2 is 0.812 bits per heavy atom. The number of aliphatic hydroxyl groups excluding tert-OH is 2. The molecule has 0 aliphatic rings. The molecule has 0 atom stereocenters. The predicted octanol–water partition coefficient (Wildman–Crippen LogP) is 0.526. The molecule has 0 spiro atoms. The molecule has 0 heterocycles. The van der Waals surface area contributed by atoms with E-state index in [2.05, 4.69) is 42.3 Å². The van der Waals surface area contributed by atoms with E-state index >= 15 is 0 Å². The van der Waals surface area contributed by atoms with Crippen molar-refractivity contribution in [3.8, 4) is 0 Å². The van der Waals surface area contributed by atoms with Crippen LogP contribution in [0.2, 0.25) is 0 Å². The molecule has 0 fully saturated rings. The normalized spacial score (nSPS) is 10.5. The molecule has 0 bridgehead atoms. The zero-order chi connectivity index (χ0) is 11.8. The molecule has 0 unspecified atom stereocenters. The molecule has 4 nitrogen and oxygen atoms in total. The first-order valence-electron chi connectivity index (χ1n) is 4.95. The summed E-state index contributed by atoms with van der Waals surface area (Å²) in [5.74, 6) is 0. The molecular formula is C10H30Br2N2O2+2. The van der Waals surface area contributed by atoms with Crippen LogP contribution >= 0.6 is 34.0 Å². The lowest BCUT2D eigenvalue weighted by atomic mass is 10.5. The van der Waals surface area contributed by atoms with E-state index in [1.165, 1.54) is 0 Å². The van der Waals surface area contributed by atoms with Crippen LogP contribution in [-0.2, 0) is 0 Å². The van der Waals surface area contributed by atoms with E-state index in [-0.39, 0.29) is 47.2 Å². The monoisotopic (exact) mass is 368 g/mol. The van der Waals surface area contributed by atoms with Crippen LogP contribution in [-0.4, -0.2) is 87.8 Å². The quantitative estimate of drug-likeness (QED) is 0.709. The average Bonchev–Trinajstić information content (AvgIpc) is 1.81. The molecule has 0 aromatic heterocycles. The van der Waals surface area contributed by atoms with Gasteiger partial charge in [0.2, 0.25) is 0 Å². The summed E-state index contributed by atoms with van der Waals surface area (Å²) in [6.45, 7) is 2.23. The van der Waals surface area contributed by atoms with E-state index < -0.39 is 0 Å². The molecule has 0 aromatic carbocycles. The fourth-order valence-corrected chi connectivity index (χ4v) is 0.600. The summed E-state index contributed by atoms with van der Waals surface area (Å²) in [5.41, 5.74) is 0. The molecule has 0 radical (unpaired) electrons. The standard InChI is InChI=1S/2C5H14NO.2BrH/c2*1-6(2,3)4-5-7;;/h2*7H,4-5H2,1-3H3;2*1H/q2*+1;;. The van der Waals surface area contributed by atoms with Crippen molar-refractivity contribution in [1.82, 2.24) is 0 Å². The number of nitrogens with zero attached hydrogens (tertiary/aromatic N) is 2. The van der Waals surface area contributed by atoms with Gasteiger partial charge < -0.3 is 19.2 Å². The number of halogens is 2. The first-order valence-corrected chi connectivity index (χ1v) is 4.95. The second kappa shape index (κ2) is 12.3. The first kappa shape index (κ1) is 25.6. The number of aliphatic hydroxyl groups is 2. The van der Waals surface area contributed by atoms with Crippen molar-refractivity contribution in [1.29, 1.82) is 0 Å². The Morgan fingerprint density at radius 1 is 0.625 bits per heavy atom. The molecular weight excluding hydrogens is 340 g/mol. The van der Waals surface area contributed by atoms with E-state index in [1.54, 1.807) is 0 Å². The number of hydrogen-bond acceptors (Lipinski definition) is 2. The lowest BCUT2D eigenvalue weighted by molar-refractivity contribution is -0.870. The SMILES string of the molecule is Br.Br.C[N+](C)(C)CCO.C[N+](C)(C)CCO. The van der Waals surface area contributed by atoms with Crippen LogP contribution < -0.4 is 0 Å². The topological polar surface area (TPSA) is 40.5 Å². The van der Waals surface area contributed by atoms with Gasteiger partial charge in [-0.2, -0.15) is 0 Å². The molecule has 0 aromatic rings. The maximum absolute atomic E-state index is 8.39. The van der Waals surface area contributed by atoms with Crippen LogP contribution in [0.3, 0.4) is 0 Å². The van der Waals surface area contributed by atoms with Crippen molar-refractivity contribution in [2.75, 3.05) is 68.6 Å². The smallest absolute Gasteiger partial charge is 0.101 e. The summed E-state index contributed by atoms with van der Waals surface area (Å²) >= 11 is 0. The van der Waals surface area contributed by atoms with Gasteiger partial charge in [-0.3, -0.25) is 0 Å². The summed E-state index contributed by atoms with van der Waals surface area (Å²) in [7, 11) is 12.3. The van der Waals surface area contributed by atoms with Crippen LogP contribution in [0.4, 0.5) is 0 Å². The van der Waals surface area contributed by atoms with Gasteiger partial charge in [0.05, 0.1) is 55.5 Å². The van der Waals surface area contributed by atoms with Crippen molar-refractivity contribution in [3.05, 3.63) is 0 Å². The fraction of sp³-hybridized carbons (Fsp3) is 1.00. The van der Waals surface area contributed by atoms with Crippen molar-refractivity contribution >= 4 is 34.0 Å². The Morgan fingerprint density at radius 3 is 0.812 bits per heavy atom. The number of rotatable bonds is 4. The Kier molecular flexibility index (Phi) is 19.6. The second-order valence-electron chi connectivity index (χ2n) is 5.48. The maximum Gasteiger partial charge on any atom is 0.101 e. The Balaban J connectivity index is -0.0000000800. The molecule has 0 saturated heterocycles. The highest BCUT2D eigenvalue weighted by Crippen LogP contribution is 1.85. The highest BCUT2D eigenvalue weighted by molar-refractivity contribution is 8.93. The van der Waals surface area contributed by atoms with E-state index in [0.717, 1.165) is 22.1 Å². The van der Waals surface area contributed by atoms with Crippen LogP contribution in [0.15, 0.2) is 0 Å². The molecule has 0 rings (SSSR count). The van der Waals surface area contributed by atoms with Crippen molar-refractivity contribution in [3.63, 3.8) is 0 Å². The Hall–Kier alpha value is 0.800. The van der Waals surface area contributed by atoms with Crippen molar-refractivity contribution < 1.29 is 19.2 Å². The van der Waals surface area contributed by atoms with Crippen LogP contribution in [0.1, 0.15) is 0 Å². The van der Waals surface area contributed by atoms with E-state index in [0.29, 0.717) is 0 Å². The van der Waals surface area contributed by atoms with Crippen molar-refractivity contribution in [2.45, 2.75) is 0 Å². The molecule has 6 heteroatoms. The molecule has 0 saturated carbocycles. The molecule has 0 aliphatic heterocycles. The largest absolute Gasteiger partial charge is 0.391 e. The molecule has 16 heavy (non-hydrogen) atoms. The van der Waals surface area contributed by atoms with Gasteiger partial charge >= 0.3 is 0 Å². The van der Waals surface area contributed by atoms with Gasteiger partial charge in [0.25, 0.3) is 0 Å². The molecule has 0 aliphatic carbocycles. The van der Waals surface area contributed by atoms with Crippen LogP contribution in [0.5, 0.6) is 0 Å². The van der Waals surface area contributed by atoms with Gasteiger partial charge in [0.1, 0.15) is 13.1 Å². The van der Waals surface area contributed by atoms with Gasteiger partial charge in [-0.05, 0) is 0 Å². The number of hydrogen-bond donors (Lipinski definition) is 2. The minimum Gasteiger partial charge on any atom is -0.391 e. The Bertz CT molecular complexity index is 118. The minimum atomic E-state index is 0. The number of likely N-dealkylation sites (N-methyl/N-ethyl adjacent to an activating group) is 2. The first-order chi connectivity index (χ1) is 6.12. The zero-order valence-corrected chi connectivity index (χ0v) is 14.9. The summed E-state index contributed by atoms with van der Waals surface area (Å²) < 4.78 is 1.69. The molecule has 2 N–H and O–H groups in total. The summed E-state index contributed by atoms with van der Waals surface area (Å²) in [6.07, 6.45) is 0. The van der Waals surface area contributed by atoms with E-state index in [1.807, 2.05) is 0 Å². The third-order valence-electron chi connectivity index (χ3n) is 1.54. The highest BCUT2D eigenvalue weighted by atomic mass is 79.9. The van der Waals surface area contributed by atoms with Crippen LogP contribution in [0, 0.1) is 0 Å². The summed E-state index contributed by atoms with van der Waals surface area (Å²) in [5, 5.41) is 16.8. The highest BCUT2D eigenvalue weighted by Gasteiger charge is 2.02. The van der Waals surface area contributed by atoms with Crippen molar-refractivity contribution in [2.24, 2.45) is 0 Å². The minimum absolute atomic E-state index is 0. The maximum atomic E-state index is 8.39. The fourth-order valence-electron chi connectivity index (χ4n) is 0.600. The lowest BCUT2D eigenvalue weighted by Crippen LogP contribution is -2.36. The van der Waals surface area contributed by atoms with Gasteiger partial charge in [-0.25, -0.2) is 0 Å². The molecule has 104 valence electrons. The van der Waals surface area contributed by atoms with E-state index in [4.69, 9.17) is 10.2 Å². The molecule has 0 amide bonds. The van der Waals surface area contributed by atoms with Crippen LogP contribution in [0.25, 0.3) is 0 Å². The summed E-state index contributed by atoms with van der Waals surface area (Å²) in [6, 6.07) is 0. The third-order valence-corrected chi connectivity index (χ3v) is 1.54.